The number of allylic oxidation sites excluding steroid dienone is 1. The summed E-state index contributed by atoms with van der Waals surface area (Å²) in [5.41, 5.74) is -2.26. The topological polar surface area (TPSA) is 79.1 Å². The Morgan fingerprint density at radius 2 is 1.87 bits per heavy atom. The van der Waals surface area contributed by atoms with Gasteiger partial charge in [-0.05, 0) is 48.9 Å². The molecule has 0 fully saturated rings. The van der Waals surface area contributed by atoms with Gasteiger partial charge in [0.1, 0.15) is 12.4 Å². The van der Waals surface area contributed by atoms with Crippen molar-refractivity contribution in [1.82, 2.24) is 4.57 Å². The summed E-state index contributed by atoms with van der Waals surface area (Å²) in [7, 11) is 1.40. The molecular weight excluding hydrogens is 704 g/mol. The van der Waals surface area contributed by atoms with Crippen LogP contribution in [0.1, 0.15) is 29.7 Å². The van der Waals surface area contributed by atoms with Gasteiger partial charge in [0.05, 0.1) is 29.9 Å². The van der Waals surface area contributed by atoms with Crippen LogP contribution in [0.4, 0.5) is 17.6 Å². The van der Waals surface area contributed by atoms with Crippen LogP contribution in [0.15, 0.2) is 86.2 Å². The second-order valence-corrected chi connectivity index (χ2v) is 11.9. The lowest BCUT2D eigenvalue weighted by molar-refractivity contribution is -0.140. The second kappa shape index (κ2) is 13.2. The van der Waals surface area contributed by atoms with Crippen molar-refractivity contribution in [2.75, 3.05) is 13.7 Å². The van der Waals surface area contributed by atoms with Crippen LogP contribution in [0.3, 0.4) is 0 Å². The average molecular weight is 726 g/mol. The van der Waals surface area contributed by atoms with E-state index in [0.29, 0.717) is 26.4 Å². The van der Waals surface area contributed by atoms with Crippen LogP contribution in [0.2, 0.25) is 5.02 Å². The van der Waals surface area contributed by atoms with Crippen molar-refractivity contribution in [1.29, 1.82) is 0 Å². The van der Waals surface area contributed by atoms with Crippen LogP contribution in [0.25, 0.3) is 6.08 Å². The van der Waals surface area contributed by atoms with Crippen LogP contribution in [0.5, 0.6) is 11.5 Å². The molecule has 5 rings (SSSR count). The molecule has 45 heavy (non-hydrogen) atoms. The fraction of sp³-hybridized carbons (Fsp3) is 0.194. The monoisotopic (exact) mass is 724 g/mol. The third-order valence-electron chi connectivity index (χ3n) is 6.67. The highest BCUT2D eigenvalue weighted by atomic mass is 79.9. The maximum atomic E-state index is 14.4. The summed E-state index contributed by atoms with van der Waals surface area (Å²) in [5.74, 6) is -1.33. The zero-order valence-corrected chi connectivity index (χ0v) is 26.6. The number of nitrogens with zero attached hydrogens (tertiary/aromatic N) is 2. The Labute approximate surface area is 270 Å². The zero-order valence-electron chi connectivity index (χ0n) is 23.5. The van der Waals surface area contributed by atoms with E-state index in [2.05, 4.69) is 20.9 Å². The number of alkyl halides is 3. The van der Waals surface area contributed by atoms with Crippen molar-refractivity contribution in [2.24, 2.45) is 4.99 Å². The predicted molar refractivity (Wildman–Crippen MR) is 164 cm³/mol. The predicted octanol–water partition coefficient (Wildman–Crippen LogP) is 6.48. The van der Waals surface area contributed by atoms with Gasteiger partial charge in [0.25, 0.3) is 5.56 Å². The number of ether oxygens (including phenoxy) is 3. The van der Waals surface area contributed by atoms with E-state index in [1.165, 1.54) is 50.4 Å². The van der Waals surface area contributed by atoms with Crippen molar-refractivity contribution in [3.05, 3.63) is 124 Å². The Morgan fingerprint density at radius 1 is 1.16 bits per heavy atom. The van der Waals surface area contributed by atoms with E-state index in [4.69, 9.17) is 25.8 Å². The van der Waals surface area contributed by atoms with Crippen molar-refractivity contribution in [3.63, 3.8) is 0 Å². The summed E-state index contributed by atoms with van der Waals surface area (Å²) in [6.07, 6.45) is -3.64. The van der Waals surface area contributed by atoms with Crippen LogP contribution >= 0.6 is 38.9 Å². The first-order valence-electron chi connectivity index (χ1n) is 13.2. The molecule has 1 aromatic heterocycles. The number of hydrogen-bond donors (Lipinski definition) is 0. The number of fused-ring (bicyclic) bond motifs is 1. The van der Waals surface area contributed by atoms with E-state index in [1.807, 2.05) is 0 Å². The zero-order chi connectivity index (χ0) is 32.5. The second-order valence-electron chi connectivity index (χ2n) is 9.52. The molecule has 1 aliphatic rings. The standard InChI is InChI=1S/C31H22BrClF4N2O5S/c1-3-43-29(41)24-25(16-8-10-20(33)11-9-16)39-28(40)23(45-30(39)38-27(24)31(35,36)37)13-18-12-19(32)14-22(42-2)26(18)44-15-17-6-4-5-7-21(17)34/h4-14,25H,3,15H2,1-2H3/b23-13-/t25-/m0/s1. The van der Waals surface area contributed by atoms with Gasteiger partial charge in [0.15, 0.2) is 22.0 Å². The summed E-state index contributed by atoms with van der Waals surface area (Å²) in [4.78, 5) is 30.5. The minimum atomic E-state index is -5.05. The Morgan fingerprint density at radius 3 is 2.51 bits per heavy atom. The molecule has 234 valence electrons. The number of halogens is 6. The van der Waals surface area contributed by atoms with E-state index in [9.17, 15) is 27.2 Å². The van der Waals surface area contributed by atoms with Gasteiger partial charge >= 0.3 is 12.1 Å². The molecule has 0 aliphatic carbocycles. The van der Waals surface area contributed by atoms with E-state index >= 15 is 0 Å². The quantitative estimate of drug-likeness (QED) is 0.154. The van der Waals surface area contributed by atoms with Crippen LogP contribution in [0, 0.1) is 5.82 Å². The Bertz CT molecular complexity index is 1990. The molecule has 7 nitrogen and oxygen atoms in total. The molecule has 0 bridgehead atoms. The highest BCUT2D eigenvalue weighted by Gasteiger charge is 2.45. The molecule has 0 saturated carbocycles. The smallest absolute Gasteiger partial charge is 0.434 e. The van der Waals surface area contributed by atoms with E-state index in [0.717, 1.165) is 4.57 Å². The number of rotatable bonds is 8. The fourth-order valence-electron chi connectivity index (χ4n) is 4.71. The Hall–Kier alpha value is -3.94. The SMILES string of the molecule is CCOC(=O)C1=C(C(F)(F)F)N=c2s/c(=C\c3cc(Br)cc(OC)c3OCc3ccccc3F)c(=O)n2[C@H]1c1ccc(Cl)cc1. The summed E-state index contributed by atoms with van der Waals surface area (Å²) in [5, 5.41) is 0.301. The summed E-state index contributed by atoms with van der Waals surface area (Å²) in [6.45, 7) is 1.07. The lowest BCUT2D eigenvalue weighted by Crippen LogP contribution is -2.41. The number of thiazole rings is 1. The van der Waals surface area contributed by atoms with Gasteiger partial charge in [-0.1, -0.05) is 69.2 Å². The third-order valence-corrected chi connectivity index (χ3v) is 8.36. The number of carbonyl (C=O) groups is 1. The first-order chi connectivity index (χ1) is 21.4. The first kappa shape index (κ1) is 32.5. The molecule has 0 saturated heterocycles. The molecule has 1 aliphatic heterocycles. The number of methoxy groups -OCH3 is 1. The van der Waals surface area contributed by atoms with Crippen molar-refractivity contribution >= 4 is 50.9 Å². The maximum Gasteiger partial charge on any atom is 0.434 e. The molecule has 2 heterocycles. The molecule has 14 heteroatoms. The van der Waals surface area contributed by atoms with Gasteiger partial charge in [-0.3, -0.25) is 9.36 Å². The molecule has 0 N–H and O–H groups in total. The fourth-order valence-corrected chi connectivity index (χ4v) is 6.28. The van der Waals surface area contributed by atoms with Crippen molar-refractivity contribution in [2.45, 2.75) is 25.7 Å². The molecular formula is C31H22BrClF4N2O5S. The highest BCUT2D eigenvalue weighted by Crippen LogP contribution is 2.39. The number of hydrogen-bond acceptors (Lipinski definition) is 7. The molecule has 0 radical (unpaired) electrons. The lowest BCUT2D eigenvalue weighted by Gasteiger charge is -2.26. The van der Waals surface area contributed by atoms with E-state index < -0.39 is 40.8 Å². The van der Waals surface area contributed by atoms with Crippen molar-refractivity contribution in [3.8, 4) is 11.5 Å². The van der Waals surface area contributed by atoms with Gasteiger partial charge in [-0.25, -0.2) is 14.2 Å². The molecule has 0 amide bonds. The average Bonchev–Trinajstić information content (AvgIpc) is 3.30. The van der Waals surface area contributed by atoms with Gasteiger partial charge in [-0.2, -0.15) is 13.2 Å². The Balaban J connectivity index is 1.74. The minimum absolute atomic E-state index is 0.0183. The molecule has 1 atom stereocenters. The number of carbonyl (C=O) groups excluding carboxylic acids is 1. The summed E-state index contributed by atoms with van der Waals surface area (Å²) >= 11 is 10.1. The number of esters is 1. The molecule has 3 aromatic carbocycles. The molecule has 0 unspecified atom stereocenters. The third kappa shape index (κ3) is 6.70. The lowest BCUT2D eigenvalue weighted by atomic mass is 9.95. The van der Waals surface area contributed by atoms with Crippen LogP contribution in [-0.4, -0.2) is 30.4 Å². The molecule has 4 aromatic rings. The normalized spacial score (nSPS) is 15.0. The van der Waals surface area contributed by atoms with Gasteiger partial charge in [0.2, 0.25) is 0 Å². The van der Waals surface area contributed by atoms with Gasteiger partial charge in [0, 0.05) is 20.6 Å². The first-order valence-corrected chi connectivity index (χ1v) is 15.2. The maximum absolute atomic E-state index is 14.4. The summed E-state index contributed by atoms with van der Waals surface area (Å²) < 4.78 is 75.5. The summed E-state index contributed by atoms with van der Waals surface area (Å²) in [6, 6.07) is 13.5. The van der Waals surface area contributed by atoms with Gasteiger partial charge < -0.3 is 14.2 Å². The number of benzene rings is 3. The van der Waals surface area contributed by atoms with E-state index in [-0.39, 0.29) is 45.2 Å². The minimum Gasteiger partial charge on any atom is -0.493 e. The molecule has 0 spiro atoms. The van der Waals surface area contributed by atoms with Crippen LogP contribution in [-0.2, 0) is 16.1 Å². The Kier molecular flexibility index (Phi) is 9.52. The van der Waals surface area contributed by atoms with Crippen molar-refractivity contribution < 1.29 is 36.6 Å². The highest BCUT2D eigenvalue weighted by molar-refractivity contribution is 9.10. The van der Waals surface area contributed by atoms with E-state index in [1.54, 1.807) is 30.3 Å². The largest absolute Gasteiger partial charge is 0.493 e. The van der Waals surface area contributed by atoms with Crippen LogP contribution < -0.4 is 24.4 Å². The van der Waals surface area contributed by atoms with Gasteiger partial charge in [-0.15, -0.1) is 0 Å². The number of aromatic nitrogens is 1.